The topological polar surface area (TPSA) is 45.5 Å². The summed E-state index contributed by atoms with van der Waals surface area (Å²) in [6.07, 6.45) is 2.69. The molecule has 1 aromatic heterocycles. The van der Waals surface area contributed by atoms with Gasteiger partial charge in [-0.05, 0) is 43.7 Å². The molecular weight excluding hydrogens is 324 g/mol. The van der Waals surface area contributed by atoms with Gasteiger partial charge in [0, 0.05) is 36.3 Å². The third-order valence-electron chi connectivity index (χ3n) is 5.34. The van der Waals surface area contributed by atoms with Crippen molar-refractivity contribution in [1.82, 2.24) is 9.47 Å². The fourth-order valence-corrected chi connectivity index (χ4v) is 4.01. The molecule has 1 unspecified atom stereocenters. The average Bonchev–Trinajstić information content (AvgIpc) is 3.05. The molecule has 1 aliphatic rings. The van der Waals surface area contributed by atoms with E-state index in [0.717, 1.165) is 32.4 Å². The molecule has 0 bridgehead atoms. The zero-order valence-electron chi connectivity index (χ0n) is 14.8. The predicted molar refractivity (Wildman–Crippen MR) is 104 cm³/mol. The molecular formula is C22H24N2O2. The van der Waals surface area contributed by atoms with Crippen LogP contribution in [0.15, 0.2) is 60.7 Å². The second kappa shape index (κ2) is 7.34. The third kappa shape index (κ3) is 3.37. The summed E-state index contributed by atoms with van der Waals surface area (Å²) in [5.41, 5.74) is 3.66. The minimum atomic E-state index is -0.659. The maximum atomic E-state index is 11.3. The number of hydrogen-bond donors (Lipinski definition) is 1. The van der Waals surface area contributed by atoms with E-state index in [9.17, 15) is 9.90 Å². The highest BCUT2D eigenvalue weighted by molar-refractivity contribution is 5.83. The maximum absolute atomic E-state index is 11.3. The highest BCUT2D eigenvalue weighted by atomic mass is 16.4. The normalized spacial score (nSPS) is 18.2. The van der Waals surface area contributed by atoms with Gasteiger partial charge in [-0.25, -0.2) is 0 Å². The number of para-hydroxylation sites is 2. The van der Waals surface area contributed by atoms with Gasteiger partial charge in [-0.15, -0.1) is 0 Å². The minimum Gasteiger partial charge on any atom is -0.481 e. The molecule has 4 nitrogen and oxygen atoms in total. The Balaban J connectivity index is 1.59. The van der Waals surface area contributed by atoms with Gasteiger partial charge in [0.25, 0.3) is 0 Å². The summed E-state index contributed by atoms with van der Waals surface area (Å²) < 4.78 is 2.33. The van der Waals surface area contributed by atoms with Crippen LogP contribution in [0, 0.1) is 5.92 Å². The van der Waals surface area contributed by atoms with Gasteiger partial charge >= 0.3 is 5.97 Å². The molecule has 0 saturated carbocycles. The largest absolute Gasteiger partial charge is 0.481 e. The highest BCUT2D eigenvalue weighted by Gasteiger charge is 2.25. The zero-order valence-corrected chi connectivity index (χ0v) is 14.8. The van der Waals surface area contributed by atoms with Gasteiger partial charge in [-0.2, -0.15) is 0 Å². The second-order valence-electron chi connectivity index (χ2n) is 7.09. The van der Waals surface area contributed by atoms with Crippen LogP contribution >= 0.6 is 0 Å². The lowest BCUT2D eigenvalue weighted by Gasteiger charge is -2.30. The van der Waals surface area contributed by atoms with E-state index in [-0.39, 0.29) is 5.92 Å². The highest BCUT2D eigenvalue weighted by Crippen LogP contribution is 2.25. The summed E-state index contributed by atoms with van der Waals surface area (Å²) in [6.45, 7) is 2.56. The number of benzene rings is 2. The quantitative estimate of drug-likeness (QED) is 0.759. The first-order chi connectivity index (χ1) is 12.7. The summed E-state index contributed by atoms with van der Waals surface area (Å²) in [4.78, 5) is 13.6. The Kier molecular flexibility index (Phi) is 4.76. The van der Waals surface area contributed by atoms with Crippen molar-refractivity contribution in [3.63, 3.8) is 0 Å². The van der Waals surface area contributed by atoms with Crippen LogP contribution in [-0.2, 0) is 11.2 Å². The van der Waals surface area contributed by atoms with Crippen molar-refractivity contribution in [2.24, 2.45) is 5.92 Å². The molecule has 1 aliphatic heterocycles. The molecule has 0 spiro atoms. The summed E-state index contributed by atoms with van der Waals surface area (Å²) >= 11 is 0. The molecule has 1 atom stereocenters. The fraction of sp³-hybridized carbons (Fsp3) is 0.318. The molecule has 134 valence electrons. The Morgan fingerprint density at radius 1 is 1.08 bits per heavy atom. The molecule has 4 heteroatoms. The molecule has 2 aromatic carbocycles. The molecule has 1 fully saturated rings. The van der Waals surface area contributed by atoms with Gasteiger partial charge in [0.05, 0.1) is 11.4 Å². The Morgan fingerprint density at radius 2 is 1.85 bits per heavy atom. The van der Waals surface area contributed by atoms with E-state index in [0.29, 0.717) is 6.54 Å². The van der Waals surface area contributed by atoms with E-state index in [4.69, 9.17) is 0 Å². The van der Waals surface area contributed by atoms with Crippen LogP contribution in [0.1, 0.15) is 18.5 Å². The van der Waals surface area contributed by atoms with Crippen molar-refractivity contribution >= 4 is 16.9 Å². The van der Waals surface area contributed by atoms with Crippen LogP contribution in [0.5, 0.6) is 0 Å². The molecule has 2 heterocycles. The number of likely N-dealkylation sites (tertiary alicyclic amines) is 1. The van der Waals surface area contributed by atoms with Crippen molar-refractivity contribution in [2.45, 2.75) is 19.3 Å². The molecule has 4 rings (SSSR count). The predicted octanol–water partition coefficient (Wildman–Crippen LogP) is 3.97. The van der Waals surface area contributed by atoms with Crippen molar-refractivity contribution in [3.05, 3.63) is 66.4 Å². The summed E-state index contributed by atoms with van der Waals surface area (Å²) in [7, 11) is 0. The van der Waals surface area contributed by atoms with Crippen LogP contribution < -0.4 is 0 Å². The maximum Gasteiger partial charge on any atom is 0.307 e. The standard InChI is InChI=1S/C22H24N2O2/c25-22(26)18-8-6-13-23(16-18)14-12-20-15-17-7-4-5-11-21(17)24(20)19-9-2-1-3-10-19/h1-5,7,9-11,15,18H,6,8,12-14,16H2,(H,25,26). The van der Waals surface area contributed by atoms with Crippen LogP contribution in [0.2, 0.25) is 0 Å². The lowest BCUT2D eigenvalue weighted by molar-refractivity contribution is -0.143. The number of fused-ring (bicyclic) bond motifs is 1. The Hall–Kier alpha value is -2.59. The number of piperidine rings is 1. The number of carboxylic acid groups (broad SMARTS) is 1. The molecule has 0 aliphatic carbocycles. The summed E-state index contributed by atoms with van der Waals surface area (Å²) in [6, 6.07) is 21.2. The van der Waals surface area contributed by atoms with E-state index in [1.54, 1.807) is 0 Å². The molecule has 0 amide bonds. The number of aliphatic carboxylic acids is 1. The van der Waals surface area contributed by atoms with Gasteiger partial charge in [-0.1, -0.05) is 36.4 Å². The number of carbonyl (C=O) groups is 1. The molecule has 26 heavy (non-hydrogen) atoms. The first-order valence-corrected chi connectivity index (χ1v) is 9.32. The first-order valence-electron chi connectivity index (χ1n) is 9.32. The molecule has 1 saturated heterocycles. The van der Waals surface area contributed by atoms with Crippen molar-refractivity contribution in [1.29, 1.82) is 0 Å². The van der Waals surface area contributed by atoms with E-state index in [1.165, 1.54) is 22.3 Å². The van der Waals surface area contributed by atoms with Gasteiger partial charge in [0.1, 0.15) is 0 Å². The second-order valence-corrected chi connectivity index (χ2v) is 7.09. The summed E-state index contributed by atoms with van der Waals surface area (Å²) in [5.74, 6) is -0.878. The first kappa shape index (κ1) is 16.9. The van der Waals surface area contributed by atoms with Gasteiger partial charge < -0.3 is 14.6 Å². The van der Waals surface area contributed by atoms with Gasteiger partial charge in [0.15, 0.2) is 0 Å². The van der Waals surface area contributed by atoms with Crippen LogP contribution in [0.25, 0.3) is 16.6 Å². The number of aromatic nitrogens is 1. The fourth-order valence-electron chi connectivity index (χ4n) is 4.01. The molecule has 0 radical (unpaired) electrons. The summed E-state index contributed by atoms with van der Waals surface area (Å²) in [5, 5.41) is 10.5. The van der Waals surface area contributed by atoms with E-state index in [1.807, 2.05) is 6.07 Å². The lowest BCUT2D eigenvalue weighted by Crippen LogP contribution is -2.39. The van der Waals surface area contributed by atoms with E-state index >= 15 is 0 Å². The number of carboxylic acids is 1. The average molecular weight is 348 g/mol. The zero-order chi connectivity index (χ0) is 17.9. The van der Waals surface area contributed by atoms with Crippen LogP contribution in [0.4, 0.5) is 0 Å². The minimum absolute atomic E-state index is 0.219. The Labute approximate surface area is 153 Å². The molecule has 3 aromatic rings. The van der Waals surface area contributed by atoms with Crippen molar-refractivity contribution in [3.8, 4) is 5.69 Å². The van der Waals surface area contributed by atoms with Crippen molar-refractivity contribution < 1.29 is 9.90 Å². The lowest BCUT2D eigenvalue weighted by atomic mass is 9.98. The SMILES string of the molecule is O=C(O)C1CCCN(CCc2cc3ccccc3n2-c2ccccc2)C1. The Bertz CT molecular complexity index is 901. The van der Waals surface area contributed by atoms with Gasteiger partial charge in [0.2, 0.25) is 0 Å². The Morgan fingerprint density at radius 3 is 2.65 bits per heavy atom. The van der Waals surface area contributed by atoms with Crippen molar-refractivity contribution in [2.75, 3.05) is 19.6 Å². The number of hydrogen-bond acceptors (Lipinski definition) is 2. The van der Waals surface area contributed by atoms with E-state index in [2.05, 4.69) is 64.1 Å². The number of nitrogens with zero attached hydrogens (tertiary/aromatic N) is 2. The third-order valence-corrected chi connectivity index (χ3v) is 5.34. The van der Waals surface area contributed by atoms with Crippen LogP contribution in [-0.4, -0.2) is 40.2 Å². The monoisotopic (exact) mass is 348 g/mol. The number of rotatable bonds is 5. The smallest absolute Gasteiger partial charge is 0.307 e. The van der Waals surface area contributed by atoms with Crippen LogP contribution in [0.3, 0.4) is 0 Å². The molecule has 1 N–H and O–H groups in total. The van der Waals surface area contributed by atoms with E-state index < -0.39 is 5.97 Å². The van der Waals surface area contributed by atoms with Gasteiger partial charge in [-0.3, -0.25) is 4.79 Å².